The number of amides is 1. The third-order valence-corrected chi connectivity index (χ3v) is 3.63. The molecule has 0 spiro atoms. The fourth-order valence-corrected chi connectivity index (χ4v) is 2.49. The second-order valence-corrected chi connectivity index (χ2v) is 5.42. The van der Waals surface area contributed by atoms with Gasteiger partial charge in [-0.2, -0.15) is 0 Å². The summed E-state index contributed by atoms with van der Waals surface area (Å²) in [6.07, 6.45) is -0.734. The molecule has 2 aromatic carbocycles. The lowest BCUT2D eigenvalue weighted by Gasteiger charge is -2.14. The molecule has 0 saturated carbocycles. The van der Waals surface area contributed by atoms with Gasteiger partial charge in [0, 0.05) is 12.0 Å². The smallest absolute Gasteiger partial charge is 0.404 e. The molecule has 3 rings (SSSR count). The minimum Gasteiger partial charge on any atom is -0.489 e. The van der Waals surface area contributed by atoms with Crippen molar-refractivity contribution in [2.45, 2.75) is 12.5 Å². The van der Waals surface area contributed by atoms with Crippen LogP contribution in [-0.2, 0) is 4.84 Å². The van der Waals surface area contributed by atoms with Crippen molar-refractivity contribution >= 4 is 11.8 Å². The van der Waals surface area contributed by atoms with Crippen LogP contribution in [0.2, 0.25) is 0 Å². The first-order valence-electron chi connectivity index (χ1n) is 7.68. The van der Waals surface area contributed by atoms with Gasteiger partial charge in [0.1, 0.15) is 12.4 Å². The molecular formula is C18H18N2O4. The number of benzene rings is 2. The third-order valence-electron chi connectivity index (χ3n) is 3.63. The molecule has 1 aliphatic rings. The van der Waals surface area contributed by atoms with E-state index in [1.165, 1.54) is 0 Å². The summed E-state index contributed by atoms with van der Waals surface area (Å²) >= 11 is 0. The summed E-state index contributed by atoms with van der Waals surface area (Å²) in [6, 6.07) is 17.9. The van der Waals surface area contributed by atoms with Gasteiger partial charge in [0.05, 0.1) is 12.3 Å². The number of ether oxygens (including phenoxy) is 1. The van der Waals surface area contributed by atoms with Gasteiger partial charge >= 0.3 is 6.09 Å². The Morgan fingerprint density at radius 3 is 2.75 bits per heavy atom. The Kier molecular flexibility index (Phi) is 4.96. The minimum absolute atomic E-state index is 0.173. The molecule has 0 bridgehead atoms. The van der Waals surface area contributed by atoms with E-state index in [1.807, 2.05) is 54.6 Å². The second-order valence-electron chi connectivity index (χ2n) is 5.42. The van der Waals surface area contributed by atoms with Crippen LogP contribution in [0.15, 0.2) is 59.8 Å². The van der Waals surface area contributed by atoms with E-state index in [2.05, 4.69) is 10.5 Å². The van der Waals surface area contributed by atoms with Crippen molar-refractivity contribution in [2.75, 3.05) is 13.2 Å². The molecule has 1 aliphatic heterocycles. The Labute approximate surface area is 139 Å². The number of rotatable bonds is 6. The molecule has 1 amide bonds. The van der Waals surface area contributed by atoms with E-state index in [-0.39, 0.29) is 12.6 Å². The quantitative estimate of drug-likeness (QED) is 0.854. The average Bonchev–Trinajstić information content (AvgIpc) is 3.07. The van der Waals surface area contributed by atoms with E-state index in [0.717, 1.165) is 16.9 Å². The van der Waals surface area contributed by atoms with Gasteiger partial charge in [0.25, 0.3) is 0 Å². The molecule has 0 aromatic heterocycles. The van der Waals surface area contributed by atoms with Crippen LogP contribution in [0.1, 0.15) is 6.42 Å². The zero-order valence-corrected chi connectivity index (χ0v) is 13.0. The molecule has 24 heavy (non-hydrogen) atoms. The lowest BCUT2D eigenvalue weighted by atomic mass is 10.0. The highest BCUT2D eigenvalue weighted by Gasteiger charge is 2.22. The predicted molar refractivity (Wildman–Crippen MR) is 90.3 cm³/mol. The van der Waals surface area contributed by atoms with Crippen molar-refractivity contribution in [1.29, 1.82) is 0 Å². The van der Waals surface area contributed by atoms with Gasteiger partial charge in [-0.15, -0.1) is 0 Å². The Balaban J connectivity index is 1.58. The van der Waals surface area contributed by atoms with Crippen molar-refractivity contribution in [3.8, 4) is 16.9 Å². The van der Waals surface area contributed by atoms with E-state index in [0.29, 0.717) is 18.7 Å². The standard InChI is InChI=1S/C18H18N2O4/c21-18(22)19-11-14-10-15(24-20-14)12-23-17-9-5-4-8-16(17)13-6-2-1-3-7-13/h1-9,15,19H,10-12H2,(H,21,22). The Morgan fingerprint density at radius 1 is 1.21 bits per heavy atom. The van der Waals surface area contributed by atoms with Crippen LogP contribution in [0, 0.1) is 0 Å². The van der Waals surface area contributed by atoms with E-state index in [1.54, 1.807) is 0 Å². The maximum absolute atomic E-state index is 10.5. The van der Waals surface area contributed by atoms with Gasteiger partial charge in [0.2, 0.25) is 0 Å². The summed E-state index contributed by atoms with van der Waals surface area (Å²) in [7, 11) is 0. The molecule has 2 N–H and O–H groups in total. The molecule has 1 unspecified atom stereocenters. The van der Waals surface area contributed by atoms with Gasteiger partial charge in [-0.1, -0.05) is 53.7 Å². The number of para-hydroxylation sites is 1. The summed E-state index contributed by atoms with van der Waals surface area (Å²) in [5, 5.41) is 14.8. The van der Waals surface area contributed by atoms with Crippen LogP contribution in [0.25, 0.3) is 11.1 Å². The molecule has 0 saturated heterocycles. The first-order chi connectivity index (χ1) is 11.7. The molecule has 2 aromatic rings. The van der Waals surface area contributed by atoms with Gasteiger partial charge in [0.15, 0.2) is 6.10 Å². The van der Waals surface area contributed by atoms with E-state index < -0.39 is 6.09 Å². The van der Waals surface area contributed by atoms with E-state index in [9.17, 15) is 4.79 Å². The zero-order valence-electron chi connectivity index (χ0n) is 13.0. The molecule has 1 heterocycles. The number of oxime groups is 1. The van der Waals surface area contributed by atoms with Crippen LogP contribution in [0.4, 0.5) is 4.79 Å². The number of carboxylic acid groups (broad SMARTS) is 1. The van der Waals surface area contributed by atoms with Crippen LogP contribution in [0.3, 0.4) is 0 Å². The zero-order chi connectivity index (χ0) is 16.8. The molecule has 0 fully saturated rings. The largest absolute Gasteiger partial charge is 0.489 e. The number of nitrogens with zero attached hydrogens (tertiary/aromatic N) is 1. The molecule has 1 atom stereocenters. The maximum Gasteiger partial charge on any atom is 0.404 e. The number of nitrogens with one attached hydrogen (secondary N) is 1. The third kappa shape index (κ3) is 4.04. The van der Waals surface area contributed by atoms with Crippen LogP contribution in [0.5, 0.6) is 5.75 Å². The number of hydrogen-bond acceptors (Lipinski definition) is 4. The Morgan fingerprint density at radius 2 is 1.96 bits per heavy atom. The fourth-order valence-electron chi connectivity index (χ4n) is 2.49. The van der Waals surface area contributed by atoms with Crippen molar-refractivity contribution in [3.05, 3.63) is 54.6 Å². The average molecular weight is 326 g/mol. The van der Waals surface area contributed by atoms with E-state index >= 15 is 0 Å². The first-order valence-corrected chi connectivity index (χ1v) is 7.68. The highest BCUT2D eigenvalue weighted by Crippen LogP contribution is 2.30. The topological polar surface area (TPSA) is 80.2 Å². The van der Waals surface area contributed by atoms with Crippen molar-refractivity contribution in [2.24, 2.45) is 5.16 Å². The van der Waals surface area contributed by atoms with E-state index in [4.69, 9.17) is 14.7 Å². The molecule has 124 valence electrons. The first kappa shape index (κ1) is 15.9. The molecular weight excluding hydrogens is 308 g/mol. The van der Waals surface area contributed by atoms with Crippen LogP contribution < -0.4 is 10.1 Å². The highest BCUT2D eigenvalue weighted by atomic mass is 16.7. The Hall–Kier alpha value is -3.02. The number of carbonyl (C=O) groups is 1. The summed E-state index contributed by atoms with van der Waals surface area (Å²) in [5.41, 5.74) is 2.77. The summed E-state index contributed by atoms with van der Waals surface area (Å²) in [4.78, 5) is 15.8. The maximum atomic E-state index is 10.5. The second kappa shape index (κ2) is 7.50. The Bertz CT molecular complexity index is 731. The van der Waals surface area contributed by atoms with Crippen LogP contribution >= 0.6 is 0 Å². The molecule has 6 nitrogen and oxygen atoms in total. The van der Waals surface area contributed by atoms with Crippen molar-refractivity contribution in [3.63, 3.8) is 0 Å². The SMILES string of the molecule is O=C(O)NCC1=NOC(COc2ccccc2-c2ccccc2)C1. The van der Waals surface area contributed by atoms with Gasteiger partial charge < -0.3 is 20.0 Å². The number of hydrogen-bond donors (Lipinski definition) is 2. The molecule has 0 aliphatic carbocycles. The minimum atomic E-state index is -1.07. The van der Waals surface area contributed by atoms with Gasteiger partial charge in [-0.25, -0.2) is 4.79 Å². The normalized spacial score (nSPS) is 16.2. The lowest BCUT2D eigenvalue weighted by molar-refractivity contribution is 0.0472. The van der Waals surface area contributed by atoms with Crippen molar-refractivity contribution < 1.29 is 19.5 Å². The van der Waals surface area contributed by atoms with Crippen LogP contribution in [-0.4, -0.2) is 36.2 Å². The monoisotopic (exact) mass is 326 g/mol. The predicted octanol–water partition coefficient (Wildman–Crippen LogP) is 3.14. The lowest BCUT2D eigenvalue weighted by Crippen LogP contribution is -2.28. The summed E-state index contributed by atoms with van der Waals surface area (Å²) in [6.45, 7) is 0.524. The highest BCUT2D eigenvalue weighted by molar-refractivity contribution is 5.89. The molecule has 0 radical (unpaired) electrons. The van der Waals surface area contributed by atoms with Gasteiger partial charge in [-0.3, -0.25) is 0 Å². The van der Waals surface area contributed by atoms with Crippen molar-refractivity contribution in [1.82, 2.24) is 5.32 Å². The molecule has 6 heteroatoms. The van der Waals surface area contributed by atoms with Gasteiger partial charge in [-0.05, 0) is 11.6 Å². The fraction of sp³-hybridized carbons (Fsp3) is 0.222. The summed E-state index contributed by atoms with van der Waals surface area (Å²) in [5.74, 6) is 0.782. The summed E-state index contributed by atoms with van der Waals surface area (Å²) < 4.78 is 5.91.